The van der Waals surface area contributed by atoms with Crippen molar-refractivity contribution >= 4 is 28.6 Å². The Balaban J connectivity index is 1.78. The van der Waals surface area contributed by atoms with Crippen molar-refractivity contribution in [2.45, 2.75) is 74.5 Å². The number of urea groups is 1. The van der Waals surface area contributed by atoms with Gasteiger partial charge in [0.25, 0.3) is 0 Å². The van der Waals surface area contributed by atoms with Crippen LogP contribution in [0.5, 0.6) is 0 Å². The molecular weight excluding hydrogens is 304 g/mol. The molecule has 0 aromatic rings. The highest BCUT2D eigenvalue weighted by Gasteiger charge is 2.30. The number of thioether (sulfide) groups is 1. The van der Waals surface area contributed by atoms with Crippen molar-refractivity contribution in [2.75, 3.05) is 12.0 Å². The van der Waals surface area contributed by atoms with Crippen LogP contribution in [0.2, 0.25) is 0 Å². The van der Waals surface area contributed by atoms with E-state index in [1.54, 1.807) is 0 Å². The van der Waals surface area contributed by atoms with Crippen molar-refractivity contribution < 1.29 is 9.00 Å². The van der Waals surface area contributed by atoms with Gasteiger partial charge in [0.15, 0.2) is 0 Å². The van der Waals surface area contributed by atoms with Crippen molar-refractivity contribution in [3.8, 4) is 0 Å². The Labute approximate surface area is 135 Å². The van der Waals surface area contributed by atoms with Gasteiger partial charge in [-0.3, -0.25) is 4.21 Å². The second-order valence-electron chi connectivity index (χ2n) is 6.08. The monoisotopic (exact) mass is 332 g/mol. The molecule has 2 saturated carbocycles. The Morgan fingerprint density at radius 1 is 1.19 bits per heavy atom. The Kier molecular flexibility index (Phi) is 6.86. The number of nitrogens with one attached hydrogen (secondary N) is 2. The third kappa shape index (κ3) is 4.88. The third-order valence-electron chi connectivity index (χ3n) is 4.69. The van der Waals surface area contributed by atoms with Crippen LogP contribution in [-0.2, 0) is 10.8 Å². The van der Waals surface area contributed by atoms with E-state index in [1.807, 2.05) is 18.7 Å². The van der Waals surface area contributed by atoms with Gasteiger partial charge in [-0.05, 0) is 38.4 Å². The third-order valence-corrected chi connectivity index (χ3v) is 7.60. The average Bonchev–Trinajstić information content (AvgIpc) is 2.93. The van der Waals surface area contributed by atoms with Crippen LogP contribution >= 0.6 is 11.8 Å². The minimum absolute atomic E-state index is 0.0334. The maximum atomic E-state index is 12.2. The largest absolute Gasteiger partial charge is 0.335 e. The Bertz CT molecular complexity index is 379. The first-order valence-electron chi connectivity index (χ1n) is 8.11. The summed E-state index contributed by atoms with van der Waals surface area (Å²) < 4.78 is 11.9. The Hall–Kier alpha value is -0.230. The summed E-state index contributed by atoms with van der Waals surface area (Å²) in [5, 5.41) is 7.07. The summed E-state index contributed by atoms with van der Waals surface area (Å²) >= 11 is 1.85. The summed E-state index contributed by atoms with van der Waals surface area (Å²) in [6.45, 7) is 1.97. The van der Waals surface area contributed by atoms with Crippen LogP contribution in [0.3, 0.4) is 0 Å². The fourth-order valence-corrected chi connectivity index (χ4v) is 5.80. The molecule has 0 spiro atoms. The SMILES string of the molecule is CC[S@](=O)[C@@H]1CCC[C@H](NC(=O)N[C@@H]2CCC[C@H]2SC)C1. The van der Waals surface area contributed by atoms with E-state index in [0.717, 1.165) is 37.9 Å². The summed E-state index contributed by atoms with van der Waals surface area (Å²) in [6, 6.07) is 0.464. The minimum Gasteiger partial charge on any atom is -0.335 e. The molecule has 0 aromatic heterocycles. The van der Waals surface area contributed by atoms with Crippen LogP contribution < -0.4 is 10.6 Å². The summed E-state index contributed by atoms with van der Waals surface area (Å²) in [4.78, 5) is 12.2. The van der Waals surface area contributed by atoms with Gasteiger partial charge in [-0.1, -0.05) is 19.8 Å². The van der Waals surface area contributed by atoms with Gasteiger partial charge in [0, 0.05) is 39.1 Å². The molecule has 2 aliphatic carbocycles. The fraction of sp³-hybridized carbons (Fsp3) is 0.933. The van der Waals surface area contributed by atoms with Gasteiger partial charge < -0.3 is 10.6 Å². The molecule has 21 heavy (non-hydrogen) atoms. The molecule has 5 atom stereocenters. The molecule has 2 rings (SSSR count). The van der Waals surface area contributed by atoms with Crippen molar-refractivity contribution in [2.24, 2.45) is 0 Å². The topological polar surface area (TPSA) is 58.2 Å². The summed E-state index contributed by atoms with van der Waals surface area (Å²) in [6.07, 6.45) is 9.60. The number of amides is 2. The number of rotatable bonds is 5. The van der Waals surface area contributed by atoms with Gasteiger partial charge in [-0.25, -0.2) is 4.79 Å². The molecule has 0 aliphatic heterocycles. The second kappa shape index (κ2) is 8.42. The lowest BCUT2D eigenvalue weighted by molar-refractivity contribution is 0.229. The van der Waals surface area contributed by atoms with Crippen LogP contribution in [0.4, 0.5) is 4.79 Å². The minimum atomic E-state index is -0.735. The van der Waals surface area contributed by atoms with Crippen LogP contribution in [0.15, 0.2) is 0 Å². The van der Waals surface area contributed by atoms with Crippen LogP contribution in [0.25, 0.3) is 0 Å². The van der Waals surface area contributed by atoms with E-state index in [0.29, 0.717) is 11.3 Å². The second-order valence-corrected chi connectivity index (χ2v) is 9.17. The zero-order valence-electron chi connectivity index (χ0n) is 13.1. The van der Waals surface area contributed by atoms with E-state index in [9.17, 15) is 9.00 Å². The first-order valence-corrected chi connectivity index (χ1v) is 10.8. The first kappa shape index (κ1) is 17.1. The smallest absolute Gasteiger partial charge is 0.315 e. The van der Waals surface area contributed by atoms with Gasteiger partial charge in [-0.15, -0.1) is 0 Å². The average molecular weight is 333 g/mol. The molecule has 0 aromatic carbocycles. The zero-order chi connectivity index (χ0) is 15.2. The molecule has 0 saturated heterocycles. The van der Waals surface area contributed by atoms with Crippen LogP contribution in [0, 0.1) is 0 Å². The molecule has 4 nitrogen and oxygen atoms in total. The lowest BCUT2D eigenvalue weighted by Gasteiger charge is -2.30. The first-order chi connectivity index (χ1) is 10.1. The summed E-state index contributed by atoms with van der Waals surface area (Å²) in [7, 11) is -0.735. The highest BCUT2D eigenvalue weighted by molar-refractivity contribution is 7.99. The van der Waals surface area contributed by atoms with Gasteiger partial charge in [0.05, 0.1) is 0 Å². The van der Waals surface area contributed by atoms with E-state index in [4.69, 9.17) is 0 Å². The molecule has 122 valence electrons. The van der Waals surface area contributed by atoms with Crippen molar-refractivity contribution in [3.63, 3.8) is 0 Å². The highest BCUT2D eigenvalue weighted by atomic mass is 32.2. The molecule has 0 bridgehead atoms. The summed E-state index contributed by atoms with van der Waals surface area (Å²) in [5.41, 5.74) is 0. The molecule has 0 radical (unpaired) electrons. The maximum absolute atomic E-state index is 12.2. The molecule has 6 heteroatoms. The molecule has 2 amide bonds. The zero-order valence-corrected chi connectivity index (χ0v) is 14.7. The number of carbonyl (C=O) groups excluding carboxylic acids is 1. The quantitative estimate of drug-likeness (QED) is 0.814. The Morgan fingerprint density at radius 3 is 2.67 bits per heavy atom. The van der Waals surface area contributed by atoms with Gasteiger partial charge in [0.2, 0.25) is 0 Å². The van der Waals surface area contributed by atoms with Crippen LogP contribution in [0.1, 0.15) is 51.9 Å². The lowest BCUT2D eigenvalue weighted by Crippen LogP contribution is -2.49. The Morgan fingerprint density at radius 2 is 1.95 bits per heavy atom. The standard InChI is InChI=1S/C15H28N2O2S2/c1-3-21(19)12-7-4-6-11(10-12)16-15(18)17-13-8-5-9-14(13)20-2/h11-14H,3-10H2,1-2H3,(H2,16,17,18)/t11-,12+,13+,14+,21-/m0/s1. The van der Waals surface area contributed by atoms with E-state index in [-0.39, 0.29) is 17.3 Å². The van der Waals surface area contributed by atoms with Gasteiger partial charge in [-0.2, -0.15) is 11.8 Å². The molecule has 2 N–H and O–H groups in total. The molecule has 0 heterocycles. The normalized spacial score (nSPS) is 34.4. The number of hydrogen-bond acceptors (Lipinski definition) is 3. The predicted octanol–water partition coefficient (Wildman–Crippen LogP) is 2.65. The molecular formula is C15H28N2O2S2. The summed E-state index contributed by atoms with van der Waals surface area (Å²) in [5.74, 6) is 0.723. The fourth-order valence-electron chi connectivity index (χ4n) is 3.52. The lowest BCUT2D eigenvalue weighted by atomic mass is 9.95. The number of carbonyl (C=O) groups is 1. The van der Waals surface area contributed by atoms with Crippen molar-refractivity contribution in [3.05, 3.63) is 0 Å². The maximum Gasteiger partial charge on any atom is 0.315 e. The van der Waals surface area contributed by atoms with E-state index in [2.05, 4.69) is 16.9 Å². The van der Waals surface area contributed by atoms with E-state index < -0.39 is 10.8 Å². The molecule has 0 unspecified atom stereocenters. The predicted molar refractivity (Wildman–Crippen MR) is 91.3 cm³/mol. The van der Waals surface area contributed by atoms with Gasteiger partial charge >= 0.3 is 6.03 Å². The van der Waals surface area contributed by atoms with Gasteiger partial charge in [0.1, 0.15) is 0 Å². The molecule has 2 fully saturated rings. The van der Waals surface area contributed by atoms with Crippen molar-refractivity contribution in [1.82, 2.24) is 10.6 Å². The number of hydrogen-bond donors (Lipinski definition) is 2. The molecule has 2 aliphatic rings. The highest BCUT2D eigenvalue weighted by Crippen LogP contribution is 2.28. The van der Waals surface area contributed by atoms with E-state index >= 15 is 0 Å². The van der Waals surface area contributed by atoms with E-state index in [1.165, 1.54) is 12.8 Å². The van der Waals surface area contributed by atoms with Crippen LogP contribution in [-0.4, -0.2) is 44.8 Å². The van der Waals surface area contributed by atoms with Crippen molar-refractivity contribution in [1.29, 1.82) is 0 Å².